The van der Waals surface area contributed by atoms with E-state index in [1.807, 2.05) is 0 Å². The van der Waals surface area contributed by atoms with E-state index in [4.69, 9.17) is 18.9 Å². The molecule has 0 spiro atoms. The van der Waals surface area contributed by atoms with E-state index in [1.165, 1.54) is 7.11 Å². The Morgan fingerprint density at radius 2 is 1.67 bits per heavy atom. The minimum Gasteiger partial charge on any atom is -0.391 e. The van der Waals surface area contributed by atoms with Gasteiger partial charge in [-0.3, -0.25) is 0 Å². The number of aliphatic hydroxyl groups excluding tert-OH is 7. The van der Waals surface area contributed by atoms with Crippen LogP contribution in [0.2, 0.25) is 0 Å². The monoisotopic (exact) mass is 356 g/mol. The highest BCUT2D eigenvalue weighted by Gasteiger charge is 2.52. The highest BCUT2D eigenvalue weighted by molar-refractivity contribution is 4.94. The minimum atomic E-state index is -2.04. The van der Waals surface area contributed by atoms with Crippen LogP contribution in [-0.2, 0) is 18.9 Å². The molecule has 7 N–H and O–H groups in total. The van der Waals surface area contributed by atoms with Crippen LogP contribution in [0, 0.1) is 0 Å². The molecule has 0 aromatic carbocycles. The Balaban J connectivity index is 2.04. The standard InChI is InChI=1S/C13H24O11/c1-21-12-10(19)9(18)8(17)6(24-12)3-23-13(4-14)11(20)7(16)5(15)2-22-13/h5-12,14-20H,2-4H2,1H3/t5-,6-,7-,8+,9+,10-,11+,12-,13+/m1/s1. The van der Waals surface area contributed by atoms with Crippen LogP contribution >= 0.6 is 0 Å². The van der Waals surface area contributed by atoms with Gasteiger partial charge in [-0.25, -0.2) is 0 Å². The Labute approximate surface area is 137 Å². The number of aliphatic hydroxyl groups is 7. The highest BCUT2D eigenvalue weighted by atomic mass is 16.7. The molecule has 2 heterocycles. The van der Waals surface area contributed by atoms with E-state index in [9.17, 15) is 35.7 Å². The molecule has 0 saturated carbocycles. The van der Waals surface area contributed by atoms with Crippen LogP contribution in [0.1, 0.15) is 0 Å². The first kappa shape index (κ1) is 19.9. The van der Waals surface area contributed by atoms with Crippen LogP contribution in [-0.4, -0.2) is 117 Å². The van der Waals surface area contributed by atoms with Crippen molar-refractivity contribution in [2.24, 2.45) is 0 Å². The van der Waals surface area contributed by atoms with Crippen molar-refractivity contribution >= 4 is 0 Å². The van der Waals surface area contributed by atoms with Crippen molar-refractivity contribution in [2.75, 3.05) is 26.9 Å². The normalized spacial score (nSPS) is 50.0. The SMILES string of the molecule is CO[C@@H]1O[C@H](CO[C@]2(CO)OC[C@@H](O)[C@@H](O)[C@@H]2O)[C@H](O)[C@H](O)[C@H]1O. The summed E-state index contributed by atoms with van der Waals surface area (Å²) in [5.74, 6) is -2.04. The molecule has 0 bridgehead atoms. The fraction of sp³-hybridized carbons (Fsp3) is 1.00. The van der Waals surface area contributed by atoms with Crippen molar-refractivity contribution < 1.29 is 54.7 Å². The van der Waals surface area contributed by atoms with Crippen molar-refractivity contribution in [1.82, 2.24) is 0 Å². The van der Waals surface area contributed by atoms with Gasteiger partial charge in [0, 0.05) is 7.11 Å². The summed E-state index contributed by atoms with van der Waals surface area (Å²) >= 11 is 0. The molecule has 0 amide bonds. The zero-order valence-electron chi connectivity index (χ0n) is 13.0. The molecule has 0 aliphatic carbocycles. The Hall–Kier alpha value is -0.440. The van der Waals surface area contributed by atoms with Gasteiger partial charge in [-0.1, -0.05) is 0 Å². The fourth-order valence-corrected chi connectivity index (χ4v) is 2.67. The van der Waals surface area contributed by atoms with Gasteiger partial charge in [0.2, 0.25) is 5.79 Å². The summed E-state index contributed by atoms with van der Waals surface area (Å²) in [6.07, 6.45) is -11.7. The Morgan fingerprint density at radius 3 is 2.25 bits per heavy atom. The summed E-state index contributed by atoms with van der Waals surface area (Å²) in [4.78, 5) is 0. The summed E-state index contributed by atoms with van der Waals surface area (Å²) in [6, 6.07) is 0. The first-order valence-electron chi connectivity index (χ1n) is 7.43. The first-order chi connectivity index (χ1) is 11.3. The van der Waals surface area contributed by atoms with E-state index >= 15 is 0 Å². The van der Waals surface area contributed by atoms with Crippen molar-refractivity contribution in [1.29, 1.82) is 0 Å². The highest BCUT2D eigenvalue weighted by Crippen LogP contribution is 2.29. The molecule has 11 heteroatoms. The van der Waals surface area contributed by atoms with E-state index in [1.54, 1.807) is 0 Å². The molecule has 9 atom stereocenters. The topological polar surface area (TPSA) is 179 Å². The summed E-state index contributed by atoms with van der Waals surface area (Å²) in [6.45, 7) is -1.71. The van der Waals surface area contributed by atoms with Gasteiger partial charge in [0.25, 0.3) is 0 Å². The van der Waals surface area contributed by atoms with Crippen molar-refractivity contribution in [3.05, 3.63) is 0 Å². The van der Waals surface area contributed by atoms with Crippen molar-refractivity contribution in [3.8, 4) is 0 Å². The maximum Gasteiger partial charge on any atom is 0.221 e. The molecule has 142 valence electrons. The summed E-state index contributed by atoms with van der Waals surface area (Å²) in [5, 5.41) is 68.1. The summed E-state index contributed by atoms with van der Waals surface area (Å²) in [7, 11) is 1.23. The zero-order chi connectivity index (χ0) is 18.1. The molecule has 2 aliphatic heterocycles. The second kappa shape index (κ2) is 7.85. The molecule has 24 heavy (non-hydrogen) atoms. The smallest absolute Gasteiger partial charge is 0.221 e. The summed E-state index contributed by atoms with van der Waals surface area (Å²) in [5.41, 5.74) is 0. The van der Waals surface area contributed by atoms with Gasteiger partial charge in [0.15, 0.2) is 6.29 Å². The largest absolute Gasteiger partial charge is 0.391 e. The number of hydrogen-bond donors (Lipinski definition) is 7. The third-order valence-corrected chi connectivity index (χ3v) is 4.28. The van der Waals surface area contributed by atoms with E-state index in [-0.39, 0.29) is 0 Å². The van der Waals surface area contributed by atoms with E-state index in [0.717, 1.165) is 0 Å². The molecule has 0 aromatic rings. The molecular weight excluding hydrogens is 332 g/mol. The predicted molar refractivity (Wildman–Crippen MR) is 73.4 cm³/mol. The van der Waals surface area contributed by atoms with E-state index in [2.05, 4.69) is 0 Å². The van der Waals surface area contributed by atoms with Crippen LogP contribution in [0.15, 0.2) is 0 Å². The van der Waals surface area contributed by atoms with Gasteiger partial charge in [-0.05, 0) is 0 Å². The molecule has 2 saturated heterocycles. The lowest BCUT2D eigenvalue weighted by Gasteiger charge is -2.45. The van der Waals surface area contributed by atoms with Crippen LogP contribution < -0.4 is 0 Å². The van der Waals surface area contributed by atoms with Gasteiger partial charge in [0.05, 0.1) is 13.2 Å². The van der Waals surface area contributed by atoms with Gasteiger partial charge >= 0.3 is 0 Å². The molecule has 0 radical (unpaired) electrons. The molecular formula is C13H24O11. The Kier molecular flexibility index (Phi) is 6.50. The van der Waals surface area contributed by atoms with Crippen LogP contribution in [0.5, 0.6) is 0 Å². The average molecular weight is 356 g/mol. The Bertz CT molecular complexity index is 407. The number of ether oxygens (including phenoxy) is 4. The molecule has 2 aliphatic rings. The maximum atomic E-state index is 10.0. The second-order valence-corrected chi connectivity index (χ2v) is 5.85. The Morgan fingerprint density at radius 1 is 1.00 bits per heavy atom. The van der Waals surface area contributed by atoms with Crippen molar-refractivity contribution in [2.45, 2.75) is 54.8 Å². The lowest BCUT2D eigenvalue weighted by Crippen LogP contribution is -2.65. The zero-order valence-corrected chi connectivity index (χ0v) is 13.0. The van der Waals surface area contributed by atoms with Crippen LogP contribution in [0.25, 0.3) is 0 Å². The van der Waals surface area contributed by atoms with Crippen molar-refractivity contribution in [3.63, 3.8) is 0 Å². The van der Waals surface area contributed by atoms with E-state index in [0.29, 0.717) is 0 Å². The number of hydrogen-bond acceptors (Lipinski definition) is 11. The van der Waals surface area contributed by atoms with Gasteiger partial charge in [-0.15, -0.1) is 0 Å². The lowest BCUT2D eigenvalue weighted by atomic mass is 9.96. The van der Waals surface area contributed by atoms with Crippen LogP contribution in [0.4, 0.5) is 0 Å². The third-order valence-electron chi connectivity index (χ3n) is 4.28. The summed E-state index contributed by atoms with van der Waals surface area (Å²) < 4.78 is 20.5. The number of rotatable bonds is 5. The van der Waals surface area contributed by atoms with Gasteiger partial charge in [0.1, 0.15) is 49.3 Å². The first-order valence-corrected chi connectivity index (χ1v) is 7.43. The van der Waals surface area contributed by atoms with Gasteiger partial charge < -0.3 is 54.7 Å². The molecule has 0 aromatic heterocycles. The fourth-order valence-electron chi connectivity index (χ4n) is 2.67. The molecule has 2 rings (SSSR count). The van der Waals surface area contributed by atoms with E-state index < -0.39 is 74.6 Å². The minimum absolute atomic E-state index is 0.394. The molecule has 0 unspecified atom stereocenters. The number of methoxy groups -OCH3 is 1. The maximum absolute atomic E-state index is 10.0. The molecule has 2 fully saturated rings. The average Bonchev–Trinajstić information content (AvgIpc) is 2.59. The third kappa shape index (κ3) is 3.57. The molecule has 11 nitrogen and oxygen atoms in total. The van der Waals surface area contributed by atoms with Gasteiger partial charge in [-0.2, -0.15) is 0 Å². The lowest BCUT2D eigenvalue weighted by molar-refractivity contribution is -0.365. The van der Waals surface area contributed by atoms with Crippen LogP contribution in [0.3, 0.4) is 0 Å². The quantitative estimate of drug-likeness (QED) is 0.251. The predicted octanol–water partition coefficient (Wildman–Crippen LogP) is -4.74. The second-order valence-electron chi connectivity index (χ2n) is 5.85.